The third kappa shape index (κ3) is 3.30. The van der Waals surface area contributed by atoms with Gasteiger partial charge in [0.2, 0.25) is 5.95 Å². The van der Waals surface area contributed by atoms with Crippen LogP contribution in [0, 0.1) is 5.41 Å². The number of nitrogens with zero attached hydrogens (tertiary/aromatic N) is 2. The number of nitrogens with one attached hydrogen (secondary N) is 1. The van der Waals surface area contributed by atoms with E-state index in [0.29, 0.717) is 33.4 Å². The van der Waals surface area contributed by atoms with Crippen molar-refractivity contribution in [2.75, 3.05) is 18.0 Å². The zero-order valence-electron chi connectivity index (χ0n) is 15.6. The van der Waals surface area contributed by atoms with Crippen molar-refractivity contribution in [3.05, 3.63) is 61.5 Å². The molecule has 4 nitrogen and oxygen atoms in total. The normalized spacial score (nSPS) is 18.4. The Morgan fingerprint density at radius 1 is 1.26 bits per heavy atom. The number of aromatic nitrogens is 2. The molecule has 0 amide bonds. The first-order valence-corrected chi connectivity index (χ1v) is 10.2. The molecule has 1 aromatic heterocycles. The maximum atomic E-state index is 12.9. The van der Waals surface area contributed by atoms with Gasteiger partial charge in [0.1, 0.15) is 0 Å². The number of hydrogen-bond acceptors (Lipinski definition) is 3. The summed E-state index contributed by atoms with van der Waals surface area (Å²) in [5.74, 6) is 0.684. The average Bonchev–Trinajstić information content (AvgIpc) is 3.09. The Kier molecular flexibility index (Phi) is 4.81. The molecule has 1 aliphatic carbocycles. The molecule has 1 saturated heterocycles. The molecule has 1 aromatic carbocycles. The topological polar surface area (TPSA) is 49.0 Å². The van der Waals surface area contributed by atoms with E-state index in [0.717, 1.165) is 42.8 Å². The Balaban J connectivity index is 1.65. The molecule has 1 aliphatic heterocycles. The van der Waals surface area contributed by atoms with Crippen LogP contribution in [-0.4, -0.2) is 23.1 Å². The molecule has 27 heavy (non-hydrogen) atoms. The first-order valence-electron chi connectivity index (χ1n) is 9.45. The number of piperidine rings is 1. The molecule has 0 atom stereocenters. The highest BCUT2D eigenvalue weighted by Crippen LogP contribution is 2.38. The van der Waals surface area contributed by atoms with Gasteiger partial charge in [0.25, 0.3) is 5.56 Å². The monoisotopic (exact) mass is 403 g/mol. The number of H-pyrrole nitrogens is 1. The lowest BCUT2D eigenvalue weighted by Crippen LogP contribution is -2.40. The van der Waals surface area contributed by atoms with Crippen LogP contribution in [0.5, 0.6) is 0 Å². The highest BCUT2D eigenvalue weighted by molar-refractivity contribution is 6.43. The fourth-order valence-corrected chi connectivity index (χ4v) is 4.35. The molecular formula is C21H23Cl2N3O. The molecule has 2 aliphatic rings. The van der Waals surface area contributed by atoms with E-state index in [-0.39, 0.29) is 5.56 Å². The molecule has 0 bridgehead atoms. The lowest BCUT2D eigenvalue weighted by molar-refractivity contribution is 0.237. The van der Waals surface area contributed by atoms with Crippen molar-refractivity contribution in [2.24, 2.45) is 5.41 Å². The van der Waals surface area contributed by atoms with E-state index in [9.17, 15) is 4.79 Å². The fraction of sp³-hybridized carbons (Fsp3) is 0.429. The number of allylic oxidation sites excluding steroid dienone is 1. The Bertz CT molecular complexity index is 972. The van der Waals surface area contributed by atoms with Crippen LogP contribution >= 0.6 is 23.2 Å². The highest BCUT2D eigenvalue weighted by Gasteiger charge is 2.30. The summed E-state index contributed by atoms with van der Waals surface area (Å²) >= 11 is 12.5. The number of aromatic amines is 1. The zero-order valence-corrected chi connectivity index (χ0v) is 17.1. The molecule has 2 heterocycles. The summed E-state index contributed by atoms with van der Waals surface area (Å²) in [4.78, 5) is 22.9. The second-order valence-electron chi connectivity index (χ2n) is 7.79. The van der Waals surface area contributed by atoms with Gasteiger partial charge in [-0.3, -0.25) is 9.78 Å². The van der Waals surface area contributed by atoms with Gasteiger partial charge in [-0.25, -0.2) is 4.98 Å². The minimum atomic E-state index is -0.112. The minimum Gasteiger partial charge on any atom is -0.342 e. The van der Waals surface area contributed by atoms with Crippen molar-refractivity contribution in [1.29, 1.82) is 0 Å². The molecule has 1 N–H and O–H groups in total. The summed E-state index contributed by atoms with van der Waals surface area (Å²) in [6.45, 7) is 6.44. The summed E-state index contributed by atoms with van der Waals surface area (Å²) in [5, 5.41) is 0.952. The van der Waals surface area contributed by atoms with E-state index in [1.165, 1.54) is 6.42 Å². The molecule has 2 aromatic rings. The van der Waals surface area contributed by atoms with E-state index in [1.807, 2.05) is 18.2 Å². The first kappa shape index (κ1) is 18.6. The summed E-state index contributed by atoms with van der Waals surface area (Å²) in [6.07, 6.45) is 6.06. The van der Waals surface area contributed by atoms with Crippen molar-refractivity contribution >= 4 is 34.7 Å². The minimum absolute atomic E-state index is 0.112. The van der Waals surface area contributed by atoms with Crippen molar-refractivity contribution < 1.29 is 0 Å². The Hall–Kier alpha value is -1.78. The van der Waals surface area contributed by atoms with Gasteiger partial charge in [-0.1, -0.05) is 61.7 Å². The van der Waals surface area contributed by atoms with Gasteiger partial charge in [0.05, 0.1) is 21.3 Å². The van der Waals surface area contributed by atoms with Crippen LogP contribution in [0.25, 0.3) is 5.57 Å². The summed E-state index contributed by atoms with van der Waals surface area (Å²) in [6, 6.07) is 5.48. The molecule has 0 radical (unpaired) electrons. The van der Waals surface area contributed by atoms with E-state index >= 15 is 0 Å². The number of fused-ring (bicyclic) bond motifs is 1. The Morgan fingerprint density at radius 2 is 2.00 bits per heavy atom. The second-order valence-corrected chi connectivity index (χ2v) is 8.57. The largest absolute Gasteiger partial charge is 0.342 e. The Morgan fingerprint density at radius 3 is 2.70 bits per heavy atom. The van der Waals surface area contributed by atoms with E-state index in [2.05, 4.69) is 23.7 Å². The SMILES string of the molecule is CCC1(C)CCN(c2nc3c(c(=O)[nH]2)C(c2cccc(Cl)c2Cl)=CC3)CC1. The maximum absolute atomic E-state index is 12.9. The fourth-order valence-electron chi connectivity index (χ4n) is 3.95. The van der Waals surface area contributed by atoms with Gasteiger partial charge in [-0.15, -0.1) is 0 Å². The van der Waals surface area contributed by atoms with E-state index in [4.69, 9.17) is 28.2 Å². The second kappa shape index (κ2) is 6.99. The van der Waals surface area contributed by atoms with Crippen LogP contribution in [0.3, 0.4) is 0 Å². The molecule has 4 rings (SSSR count). The highest BCUT2D eigenvalue weighted by atomic mass is 35.5. The summed E-state index contributed by atoms with van der Waals surface area (Å²) < 4.78 is 0. The summed E-state index contributed by atoms with van der Waals surface area (Å²) in [5.41, 5.74) is 3.29. The number of hydrogen-bond donors (Lipinski definition) is 1. The predicted molar refractivity (Wildman–Crippen MR) is 112 cm³/mol. The standard InChI is InChI=1S/C21H23Cl2N3O/c1-3-21(2)9-11-26(12-10-21)20-24-16-8-7-13(17(16)19(27)25-20)14-5-4-6-15(22)18(14)23/h4-7H,3,8-12H2,1-2H3,(H,24,25,27). The molecular weight excluding hydrogens is 381 g/mol. The zero-order chi connectivity index (χ0) is 19.2. The quantitative estimate of drug-likeness (QED) is 0.776. The molecule has 1 fully saturated rings. The lowest BCUT2D eigenvalue weighted by Gasteiger charge is -2.39. The van der Waals surface area contributed by atoms with Gasteiger partial charge in [0, 0.05) is 25.1 Å². The van der Waals surface area contributed by atoms with Gasteiger partial charge in [-0.05, 0) is 29.9 Å². The third-order valence-electron chi connectivity index (χ3n) is 6.12. The number of halogens is 2. The summed E-state index contributed by atoms with van der Waals surface area (Å²) in [7, 11) is 0. The first-order chi connectivity index (χ1) is 12.9. The molecule has 0 spiro atoms. The van der Waals surface area contributed by atoms with Crippen molar-refractivity contribution in [1.82, 2.24) is 9.97 Å². The predicted octanol–water partition coefficient (Wildman–Crippen LogP) is 5.08. The van der Waals surface area contributed by atoms with E-state index in [1.54, 1.807) is 6.07 Å². The molecule has 0 saturated carbocycles. The van der Waals surface area contributed by atoms with Crippen LogP contribution in [-0.2, 0) is 6.42 Å². The Labute approximate surface area is 169 Å². The van der Waals surface area contributed by atoms with Gasteiger partial charge >= 0.3 is 0 Å². The van der Waals surface area contributed by atoms with E-state index < -0.39 is 0 Å². The molecule has 142 valence electrons. The number of anilines is 1. The van der Waals surface area contributed by atoms with Crippen LogP contribution in [0.4, 0.5) is 5.95 Å². The third-order valence-corrected chi connectivity index (χ3v) is 6.94. The van der Waals surface area contributed by atoms with Gasteiger partial charge < -0.3 is 4.90 Å². The smallest absolute Gasteiger partial charge is 0.260 e. The van der Waals surface area contributed by atoms with Crippen molar-refractivity contribution in [3.8, 4) is 0 Å². The van der Waals surface area contributed by atoms with Crippen molar-refractivity contribution in [2.45, 2.75) is 39.5 Å². The number of rotatable bonds is 3. The van der Waals surface area contributed by atoms with Crippen LogP contribution in [0.15, 0.2) is 29.1 Å². The van der Waals surface area contributed by atoms with Crippen molar-refractivity contribution in [3.63, 3.8) is 0 Å². The van der Waals surface area contributed by atoms with Gasteiger partial charge in [0.15, 0.2) is 0 Å². The average molecular weight is 404 g/mol. The van der Waals surface area contributed by atoms with Crippen LogP contribution < -0.4 is 10.5 Å². The van der Waals surface area contributed by atoms with Gasteiger partial charge in [-0.2, -0.15) is 0 Å². The van der Waals surface area contributed by atoms with Crippen LogP contribution in [0.1, 0.15) is 49.9 Å². The molecule has 0 unspecified atom stereocenters. The van der Waals surface area contributed by atoms with Crippen LogP contribution in [0.2, 0.25) is 10.0 Å². The maximum Gasteiger partial charge on any atom is 0.260 e. The number of benzene rings is 1. The molecule has 6 heteroatoms. The lowest BCUT2D eigenvalue weighted by atomic mass is 9.78.